The number of nitrogens with zero attached hydrogens (tertiary/aromatic N) is 2. The average molecular weight is 388 g/mol. The third-order valence-corrected chi connectivity index (χ3v) is 5.99. The van der Waals surface area contributed by atoms with E-state index < -0.39 is 0 Å². The number of rotatable bonds is 6. The molecule has 1 atom stereocenters. The van der Waals surface area contributed by atoms with Crippen molar-refractivity contribution in [3.63, 3.8) is 0 Å². The molecule has 2 fully saturated rings. The van der Waals surface area contributed by atoms with Crippen LogP contribution in [0.2, 0.25) is 0 Å². The van der Waals surface area contributed by atoms with Crippen molar-refractivity contribution in [1.29, 1.82) is 0 Å². The molecular formula is C22H33N3O3. The second-order valence-electron chi connectivity index (χ2n) is 7.97. The van der Waals surface area contributed by atoms with Crippen LogP contribution in [0.3, 0.4) is 0 Å². The molecule has 0 aromatic heterocycles. The Labute approximate surface area is 168 Å². The standard InChI is InChI=1S/C22H33N3O3/c1-17(19-10-6-7-11-20(19)28-2)23-21(26)16-24-12-14-25(15-13-24)22(27)18-8-4-3-5-9-18/h6-7,10-11,17-18H,3-5,8-9,12-16H2,1-2H3,(H,23,26). The zero-order chi connectivity index (χ0) is 19.9. The predicted octanol–water partition coefficient (Wildman–Crippen LogP) is 2.60. The van der Waals surface area contributed by atoms with Gasteiger partial charge in [-0.05, 0) is 25.8 Å². The van der Waals surface area contributed by atoms with Gasteiger partial charge in [-0.25, -0.2) is 0 Å². The van der Waals surface area contributed by atoms with E-state index in [1.807, 2.05) is 36.1 Å². The van der Waals surface area contributed by atoms with Crippen molar-refractivity contribution in [1.82, 2.24) is 15.1 Å². The summed E-state index contributed by atoms with van der Waals surface area (Å²) >= 11 is 0. The Morgan fingerprint density at radius 2 is 1.79 bits per heavy atom. The number of hydrogen-bond acceptors (Lipinski definition) is 4. The van der Waals surface area contributed by atoms with E-state index >= 15 is 0 Å². The normalized spacial score (nSPS) is 19.9. The first kappa shape index (κ1) is 20.6. The van der Waals surface area contributed by atoms with Crippen LogP contribution in [0.25, 0.3) is 0 Å². The third kappa shape index (κ3) is 5.25. The number of nitrogens with one attached hydrogen (secondary N) is 1. The summed E-state index contributed by atoms with van der Waals surface area (Å²) in [6, 6.07) is 7.63. The molecule has 1 aromatic carbocycles. The maximum Gasteiger partial charge on any atom is 0.234 e. The molecule has 2 amide bonds. The van der Waals surface area contributed by atoms with Crippen molar-refractivity contribution < 1.29 is 14.3 Å². The van der Waals surface area contributed by atoms with Crippen LogP contribution < -0.4 is 10.1 Å². The van der Waals surface area contributed by atoms with E-state index in [4.69, 9.17) is 4.74 Å². The monoisotopic (exact) mass is 387 g/mol. The van der Waals surface area contributed by atoms with Crippen LogP contribution in [-0.4, -0.2) is 61.4 Å². The Hall–Kier alpha value is -2.08. The van der Waals surface area contributed by atoms with Gasteiger partial charge in [0, 0.05) is 37.7 Å². The summed E-state index contributed by atoms with van der Waals surface area (Å²) in [6.45, 7) is 5.31. The van der Waals surface area contributed by atoms with E-state index in [-0.39, 0.29) is 17.9 Å². The number of hydrogen-bond donors (Lipinski definition) is 1. The molecule has 1 saturated heterocycles. The number of para-hydroxylation sites is 1. The fourth-order valence-corrected chi connectivity index (χ4v) is 4.33. The highest BCUT2D eigenvalue weighted by Crippen LogP contribution is 2.26. The topological polar surface area (TPSA) is 61.9 Å². The van der Waals surface area contributed by atoms with Crippen molar-refractivity contribution >= 4 is 11.8 Å². The minimum atomic E-state index is -0.113. The van der Waals surface area contributed by atoms with Gasteiger partial charge in [-0.2, -0.15) is 0 Å². The largest absolute Gasteiger partial charge is 0.496 e. The second-order valence-corrected chi connectivity index (χ2v) is 7.97. The van der Waals surface area contributed by atoms with Gasteiger partial charge < -0.3 is 15.0 Å². The smallest absolute Gasteiger partial charge is 0.234 e. The predicted molar refractivity (Wildman–Crippen MR) is 109 cm³/mol. The Balaban J connectivity index is 1.44. The zero-order valence-corrected chi connectivity index (χ0v) is 17.2. The molecule has 1 saturated carbocycles. The molecule has 2 aliphatic rings. The quantitative estimate of drug-likeness (QED) is 0.815. The van der Waals surface area contributed by atoms with Gasteiger partial charge >= 0.3 is 0 Å². The summed E-state index contributed by atoms with van der Waals surface area (Å²) < 4.78 is 5.38. The SMILES string of the molecule is COc1ccccc1C(C)NC(=O)CN1CCN(C(=O)C2CCCCC2)CC1. The van der Waals surface area contributed by atoms with Crippen LogP contribution in [-0.2, 0) is 9.59 Å². The van der Waals surface area contributed by atoms with Gasteiger partial charge in [-0.3, -0.25) is 14.5 Å². The Bertz CT molecular complexity index is 665. The number of ether oxygens (including phenoxy) is 1. The summed E-state index contributed by atoms with van der Waals surface area (Å²) in [5.74, 6) is 1.34. The lowest BCUT2D eigenvalue weighted by Crippen LogP contribution is -2.52. The maximum atomic E-state index is 12.7. The summed E-state index contributed by atoms with van der Waals surface area (Å²) in [5, 5.41) is 3.06. The van der Waals surface area contributed by atoms with Gasteiger partial charge in [0.2, 0.25) is 11.8 Å². The number of piperazine rings is 1. The van der Waals surface area contributed by atoms with E-state index in [2.05, 4.69) is 10.2 Å². The number of benzene rings is 1. The molecule has 1 unspecified atom stereocenters. The summed E-state index contributed by atoms with van der Waals surface area (Å²) in [6.07, 6.45) is 5.71. The molecule has 1 aromatic rings. The van der Waals surface area contributed by atoms with E-state index in [9.17, 15) is 9.59 Å². The Morgan fingerprint density at radius 1 is 1.11 bits per heavy atom. The highest BCUT2D eigenvalue weighted by molar-refractivity contribution is 5.80. The van der Waals surface area contributed by atoms with E-state index in [1.54, 1.807) is 7.11 Å². The molecule has 154 valence electrons. The number of methoxy groups -OCH3 is 1. The van der Waals surface area contributed by atoms with Crippen molar-refractivity contribution in [3.05, 3.63) is 29.8 Å². The van der Waals surface area contributed by atoms with Gasteiger partial charge in [0.15, 0.2) is 0 Å². The molecule has 1 aliphatic carbocycles. The van der Waals surface area contributed by atoms with Crippen molar-refractivity contribution in [2.75, 3.05) is 39.8 Å². The van der Waals surface area contributed by atoms with Crippen LogP contribution in [0.4, 0.5) is 0 Å². The minimum Gasteiger partial charge on any atom is -0.496 e. The summed E-state index contributed by atoms with van der Waals surface area (Å²) in [5.41, 5.74) is 0.973. The number of carbonyl (C=O) groups excluding carboxylic acids is 2. The van der Waals surface area contributed by atoms with Gasteiger partial charge in [-0.15, -0.1) is 0 Å². The van der Waals surface area contributed by atoms with Gasteiger partial charge in [-0.1, -0.05) is 37.5 Å². The Kier molecular flexibility index (Phi) is 7.31. The molecule has 0 radical (unpaired) electrons. The molecule has 28 heavy (non-hydrogen) atoms. The second kappa shape index (κ2) is 9.92. The lowest BCUT2D eigenvalue weighted by atomic mass is 9.88. The molecule has 1 aliphatic heterocycles. The van der Waals surface area contributed by atoms with Crippen LogP contribution in [0.1, 0.15) is 50.6 Å². The molecule has 6 nitrogen and oxygen atoms in total. The lowest BCUT2D eigenvalue weighted by Gasteiger charge is -2.37. The lowest BCUT2D eigenvalue weighted by molar-refractivity contribution is -0.138. The van der Waals surface area contributed by atoms with E-state index in [1.165, 1.54) is 19.3 Å². The molecule has 3 rings (SSSR count). The van der Waals surface area contributed by atoms with Crippen molar-refractivity contribution in [2.24, 2.45) is 5.92 Å². The van der Waals surface area contributed by atoms with Crippen LogP contribution in [0.5, 0.6) is 5.75 Å². The first-order chi connectivity index (χ1) is 13.6. The van der Waals surface area contributed by atoms with Gasteiger partial charge in [0.25, 0.3) is 0 Å². The number of amides is 2. The first-order valence-corrected chi connectivity index (χ1v) is 10.5. The Morgan fingerprint density at radius 3 is 2.46 bits per heavy atom. The minimum absolute atomic E-state index is 0.00506. The zero-order valence-electron chi connectivity index (χ0n) is 17.2. The fourth-order valence-electron chi connectivity index (χ4n) is 4.33. The summed E-state index contributed by atoms with van der Waals surface area (Å²) in [7, 11) is 1.64. The van der Waals surface area contributed by atoms with Crippen molar-refractivity contribution in [3.8, 4) is 5.75 Å². The molecule has 0 spiro atoms. The molecule has 1 N–H and O–H groups in total. The highest BCUT2D eigenvalue weighted by atomic mass is 16.5. The van der Waals surface area contributed by atoms with Crippen LogP contribution >= 0.6 is 0 Å². The molecule has 6 heteroatoms. The maximum absolute atomic E-state index is 12.7. The van der Waals surface area contributed by atoms with Crippen LogP contribution in [0, 0.1) is 5.92 Å². The van der Waals surface area contributed by atoms with Crippen LogP contribution in [0.15, 0.2) is 24.3 Å². The third-order valence-electron chi connectivity index (χ3n) is 5.99. The fraction of sp³-hybridized carbons (Fsp3) is 0.636. The number of carbonyl (C=O) groups is 2. The molecule has 0 bridgehead atoms. The first-order valence-electron chi connectivity index (χ1n) is 10.5. The van der Waals surface area contributed by atoms with Gasteiger partial charge in [0.1, 0.15) is 5.75 Å². The molecular weight excluding hydrogens is 354 g/mol. The highest BCUT2D eigenvalue weighted by Gasteiger charge is 2.29. The van der Waals surface area contributed by atoms with E-state index in [0.717, 1.165) is 50.3 Å². The average Bonchev–Trinajstić information content (AvgIpc) is 2.74. The van der Waals surface area contributed by atoms with E-state index in [0.29, 0.717) is 12.5 Å². The molecule has 1 heterocycles. The van der Waals surface area contributed by atoms with Gasteiger partial charge in [0.05, 0.1) is 19.7 Å². The summed E-state index contributed by atoms with van der Waals surface area (Å²) in [4.78, 5) is 29.3. The van der Waals surface area contributed by atoms with Crippen molar-refractivity contribution in [2.45, 2.75) is 45.1 Å².